The molecule has 5 atom stereocenters. The highest BCUT2D eigenvalue weighted by Crippen LogP contribution is 2.62. The van der Waals surface area contributed by atoms with Crippen molar-refractivity contribution in [2.75, 3.05) is 0 Å². The van der Waals surface area contributed by atoms with Gasteiger partial charge in [0.25, 0.3) is 0 Å². The van der Waals surface area contributed by atoms with Crippen LogP contribution in [0.2, 0.25) is 0 Å². The summed E-state index contributed by atoms with van der Waals surface area (Å²) in [4.78, 5) is 50.4. The minimum absolute atomic E-state index is 0.0800. The molecule has 1 fully saturated rings. The number of carboxylic acid groups (broad SMARTS) is 1. The molecule has 0 amide bonds. The molecule has 1 aromatic rings. The van der Waals surface area contributed by atoms with E-state index in [4.69, 9.17) is 9.15 Å². The first kappa shape index (κ1) is 18.3. The van der Waals surface area contributed by atoms with Crippen molar-refractivity contribution in [1.29, 1.82) is 0 Å². The summed E-state index contributed by atoms with van der Waals surface area (Å²) in [6.07, 6.45) is 1.82. The van der Waals surface area contributed by atoms with E-state index < -0.39 is 34.8 Å². The highest BCUT2D eigenvalue weighted by atomic mass is 16.5. The molecule has 29 heavy (non-hydrogen) atoms. The molecule has 0 saturated heterocycles. The lowest BCUT2D eigenvalue weighted by Gasteiger charge is -2.52. The molecule has 3 aliphatic carbocycles. The summed E-state index contributed by atoms with van der Waals surface area (Å²) >= 11 is 0. The highest BCUT2D eigenvalue weighted by molar-refractivity contribution is 6.14. The van der Waals surface area contributed by atoms with Gasteiger partial charge in [-0.2, -0.15) is 0 Å². The number of hydrogen-bond acceptors (Lipinski definition) is 6. The second-order valence-electron chi connectivity index (χ2n) is 9.19. The number of ether oxygens (including phenoxy) is 1. The lowest BCUT2D eigenvalue weighted by atomic mass is 9.51. The predicted octanol–water partition coefficient (Wildman–Crippen LogP) is 3.07. The number of furan rings is 1. The van der Waals surface area contributed by atoms with Crippen molar-refractivity contribution < 1.29 is 33.4 Å². The molecule has 2 heterocycles. The number of carboxylic acids is 1. The van der Waals surface area contributed by atoms with Crippen molar-refractivity contribution in [2.45, 2.75) is 58.0 Å². The molecule has 152 valence electrons. The Balaban J connectivity index is 1.83. The van der Waals surface area contributed by atoms with E-state index in [-0.39, 0.29) is 35.2 Å². The number of hydrogen-bond donors (Lipinski definition) is 1. The number of aliphatic carboxylic acids is 1. The average Bonchev–Trinajstić information content (AvgIpc) is 3.20. The Morgan fingerprint density at radius 1 is 1.28 bits per heavy atom. The van der Waals surface area contributed by atoms with E-state index in [0.29, 0.717) is 30.4 Å². The van der Waals surface area contributed by atoms with Gasteiger partial charge >= 0.3 is 11.9 Å². The van der Waals surface area contributed by atoms with Crippen LogP contribution in [0.3, 0.4) is 0 Å². The first-order valence-electron chi connectivity index (χ1n) is 9.98. The average molecular weight is 398 g/mol. The molecule has 0 radical (unpaired) electrons. The van der Waals surface area contributed by atoms with Crippen LogP contribution in [0.15, 0.2) is 21.8 Å². The molecule has 1 aliphatic heterocycles. The number of cyclic esters (lactones) is 1. The van der Waals surface area contributed by atoms with Gasteiger partial charge in [-0.3, -0.25) is 14.4 Å². The van der Waals surface area contributed by atoms with Crippen LogP contribution >= 0.6 is 0 Å². The molecule has 1 unspecified atom stereocenters. The van der Waals surface area contributed by atoms with E-state index in [1.54, 1.807) is 6.92 Å². The maximum atomic E-state index is 13.6. The van der Waals surface area contributed by atoms with Crippen molar-refractivity contribution >= 4 is 23.5 Å². The first-order valence-corrected chi connectivity index (χ1v) is 9.98. The van der Waals surface area contributed by atoms with Gasteiger partial charge in [-0.25, -0.2) is 4.79 Å². The van der Waals surface area contributed by atoms with Crippen molar-refractivity contribution in [1.82, 2.24) is 0 Å². The standard InChI is InChI=1S/C22H22O7/c1-9-22(3)16-10(6-14(24)25)7-21(2)12(4-5-13(21)23)15(16)18(26)19-17(22)11(8-28-19)20(27)29-9/h8-10,12H,4-7H2,1-3H3,(H,24,25)/t9-,10-,12?,21+,22-/m1/s1. The molecule has 0 aromatic carbocycles. The third kappa shape index (κ3) is 2.03. The second-order valence-corrected chi connectivity index (χ2v) is 9.19. The SMILES string of the molecule is C[C@H]1OC(=O)c2coc3c2[C@@]1(C)C1=C(C3=O)C2CCC(=O)[C@@]2(C)C[C@H]1CC(=O)O. The number of rotatable bonds is 2. The number of carbonyl (C=O) groups is 4. The van der Waals surface area contributed by atoms with Crippen LogP contribution in [0.5, 0.6) is 0 Å². The largest absolute Gasteiger partial charge is 0.481 e. The number of ketones is 2. The van der Waals surface area contributed by atoms with Crippen molar-refractivity contribution in [3.8, 4) is 0 Å². The molecule has 4 aliphatic rings. The van der Waals surface area contributed by atoms with E-state index in [0.717, 1.165) is 5.57 Å². The molecule has 1 N–H and O–H groups in total. The molecule has 0 spiro atoms. The Labute approximate surface area is 167 Å². The normalized spacial score (nSPS) is 37.8. The summed E-state index contributed by atoms with van der Waals surface area (Å²) in [5.41, 5.74) is 0.349. The molecular weight excluding hydrogens is 376 g/mol. The van der Waals surface area contributed by atoms with Crippen LogP contribution < -0.4 is 0 Å². The molecule has 0 bridgehead atoms. The minimum atomic E-state index is -0.982. The number of esters is 1. The number of allylic oxidation sites excluding steroid dienone is 1. The Morgan fingerprint density at radius 2 is 2.00 bits per heavy atom. The number of carbonyl (C=O) groups excluding carboxylic acids is 3. The minimum Gasteiger partial charge on any atom is -0.481 e. The third-order valence-electron chi connectivity index (χ3n) is 7.84. The van der Waals surface area contributed by atoms with Gasteiger partial charge < -0.3 is 14.3 Å². The van der Waals surface area contributed by atoms with Crippen molar-refractivity contribution in [2.24, 2.45) is 17.3 Å². The molecule has 7 heteroatoms. The Kier molecular flexibility index (Phi) is 3.45. The van der Waals surface area contributed by atoms with Crippen LogP contribution in [0, 0.1) is 17.3 Å². The van der Waals surface area contributed by atoms with Crippen LogP contribution in [0.4, 0.5) is 0 Å². The zero-order valence-electron chi connectivity index (χ0n) is 16.5. The second kappa shape index (κ2) is 5.46. The van der Waals surface area contributed by atoms with Gasteiger partial charge in [0.15, 0.2) is 5.76 Å². The molecular formula is C22H22O7. The van der Waals surface area contributed by atoms with Gasteiger partial charge in [0.1, 0.15) is 23.7 Å². The van der Waals surface area contributed by atoms with Crippen LogP contribution in [0.1, 0.15) is 72.9 Å². The van der Waals surface area contributed by atoms with Crippen LogP contribution in [-0.2, 0) is 19.7 Å². The van der Waals surface area contributed by atoms with Crippen molar-refractivity contribution in [3.05, 3.63) is 34.3 Å². The molecule has 7 nitrogen and oxygen atoms in total. The van der Waals surface area contributed by atoms with Gasteiger partial charge in [0.2, 0.25) is 5.78 Å². The quantitative estimate of drug-likeness (QED) is 0.762. The highest BCUT2D eigenvalue weighted by Gasteiger charge is 2.62. The zero-order chi connectivity index (χ0) is 20.9. The Hall–Kier alpha value is -2.70. The summed E-state index contributed by atoms with van der Waals surface area (Å²) in [6, 6.07) is 0. The summed E-state index contributed by atoms with van der Waals surface area (Å²) in [6.45, 7) is 5.52. The van der Waals surface area contributed by atoms with E-state index in [9.17, 15) is 24.3 Å². The fourth-order valence-electron chi connectivity index (χ4n) is 6.40. The van der Waals surface area contributed by atoms with Gasteiger partial charge in [-0.15, -0.1) is 0 Å². The lowest BCUT2D eigenvalue weighted by molar-refractivity contribution is -0.139. The maximum absolute atomic E-state index is 13.6. The van der Waals surface area contributed by atoms with E-state index in [1.807, 2.05) is 13.8 Å². The van der Waals surface area contributed by atoms with Crippen LogP contribution in [0.25, 0.3) is 0 Å². The predicted molar refractivity (Wildman–Crippen MR) is 98.5 cm³/mol. The smallest absolute Gasteiger partial charge is 0.342 e. The van der Waals surface area contributed by atoms with Gasteiger partial charge in [-0.1, -0.05) is 6.92 Å². The van der Waals surface area contributed by atoms with Gasteiger partial charge in [-0.05, 0) is 38.2 Å². The topological polar surface area (TPSA) is 111 Å². The van der Waals surface area contributed by atoms with E-state index in [1.165, 1.54) is 6.26 Å². The lowest BCUT2D eigenvalue weighted by Crippen LogP contribution is -2.53. The fraction of sp³-hybridized carbons (Fsp3) is 0.545. The zero-order valence-corrected chi connectivity index (χ0v) is 16.5. The fourth-order valence-corrected chi connectivity index (χ4v) is 6.40. The third-order valence-corrected chi connectivity index (χ3v) is 7.84. The monoisotopic (exact) mass is 398 g/mol. The summed E-state index contributed by atoms with van der Waals surface area (Å²) in [7, 11) is 0. The van der Waals surface area contributed by atoms with Gasteiger partial charge in [0, 0.05) is 28.9 Å². The first-order chi connectivity index (χ1) is 13.6. The Morgan fingerprint density at radius 3 is 2.69 bits per heavy atom. The molecule has 1 saturated carbocycles. The van der Waals surface area contributed by atoms with Crippen molar-refractivity contribution in [3.63, 3.8) is 0 Å². The van der Waals surface area contributed by atoms with Gasteiger partial charge in [0.05, 0.1) is 11.8 Å². The maximum Gasteiger partial charge on any atom is 0.342 e. The Bertz CT molecular complexity index is 1040. The van der Waals surface area contributed by atoms with E-state index >= 15 is 0 Å². The number of Topliss-reactive ketones (excluding diaryl/α,β-unsaturated/α-hetero) is 2. The molecule has 5 rings (SSSR count). The summed E-state index contributed by atoms with van der Waals surface area (Å²) < 4.78 is 11.2. The summed E-state index contributed by atoms with van der Waals surface area (Å²) in [5, 5.41) is 9.59. The van der Waals surface area contributed by atoms with E-state index in [2.05, 4.69) is 0 Å². The summed E-state index contributed by atoms with van der Waals surface area (Å²) in [5.74, 6) is -2.39. The van der Waals surface area contributed by atoms with Crippen LogP contribution in [-0.4, -0.2) is 34.7 Å². The molecule has 1 aromatic heterocycles. The number of fused-ring (bicyclic) bond motifs is 3.